The second-order valence-electron chi connectivity index (χ2n) is 30.3. The first kappa shape index (κ1) is 104. The molecule has 0 amide bonds. The minimum absolute atomic E-state index is 1.24. The predicted molar refractivity (Wildman–Crippen MR) is 697 cm³/mol. The van der Waals surface area contributed by atoms with Crippen LogP contribution < -0.4 is 0 Å². The highest BCUT2D eigenvalue weighted by Crippen LogP contribution is 2.74. The van der Waals surface area contributed by atoms with Crippen LogP contribution in [0.5, 0.6) is 0 Å². The molecule has 0 N–H and O–H groups in total. The van der Waals surface area contributed by atoms with Gasteiger partial charge < -0.3 is 0 Å². The monoisotopic (exact) mass is 2480 g/mol. The third-order valence-corrected chi connectivity index (χ3v) is 69.9. The van der Waals surface area contributed by atoms with E-state index in [2.05, 4.69) is 245 Å². The molecule has 7 aromatic rings. The Morgan fingerprint density at radius 3 is 0.370 bits per heavy atom. The Bertz CT molecular complexity index is 5930. The molecule has 0 radical (unpaired) electrons. The van der Waals surface area contributed by atoms with Crippen LogP contribution in [0, 0.1) is 0 Å². The number of unbranched alkanes of at least 4 members (excludes halogenated alkanes) is 12. The highest BCUT2D eigenvalue weighted by Gasteiger charge is 2.38. The fourth-order valence-corrected chi connectivity index (χ4v) is 70.8. The molecule has 21 heterocycles. The van der Waals surface area contributed by atoms with Crippen molar-refractivity contribution in [3.05, 3.63) is 280 Å². The molecule has 0 saturated carbocycles. The number of hydrogen-bond donors (Lipinski definition) is 0. The molecule has 0 saturated heterocycles. The number of thioether (sulfide) groups is 32. The molecule has 0 spiro atoms. The van der Waals surface area contributed by atoms with Crippen molar-refractivity contribution in [1.82, 2.24) is 0 Å². The van der Waals surface area contributed by atoms with Crippen molar-refractivity contribution in [1.29, 1.82) is 0 Å². The van der Waals surface area contributed by atoms with Gasteiger partial charge in [-0.05, 0) is 219 Å². The van der Waals surface area contributed by atoms with Gasteiger partial charge in [-0.15, -0.1) is 126 Å². The Morgan fingerprint density at radius 1 is 0.148 bits per heavy atom. The standard InChI is InChI=1S/C96H80S39/c1-5-9-13-17-35-97-81-82(98-36-18-14-10-6-2)109-67(108-81)39-53-21-23-55(101-53)41-69-112-85-86(113-69)117-71(116-85)43-57-25-27-59(103-57)45-73-120-89-90(121-73)125-75(124-89)47-61-29-31-63(105-61)49-77-128-93-94(129-77)133-79(132-93)51-65-33-34-66(107-65)52-80-134-95-96(135-80)131-78(130-95)50-64-32-30-62(106-64)48-76-126-91-92(127-76)123-74(122-91)46-60-28-26-58(104-60)44-72-118-87-88(119-72)115-70(114-87)42-56-24-22-54(102-56)40-68-110-83(99-37-19-15-11-7-3)84(111-68)100-38-20-16-12-8-4/h21-34,39-52H,5-20,35-38H2,1-4H3. The van der Waals surface area contributed by atoms with E-state index in [4.69, 9.17) is 0 Å². The summed E-state index contributed by atoms with van der Waals surface area (Å²) in [4.78, 5) is 18.5. The molecule has 14 aliphatic heterocycles. The zero-order valence-corrected chi connectivity index (χ0v) is 104. The van der Waals surface area contributed by atoms with Gasteiger partial charge in [0.2, 0.25) is 0 Å². The molecule has 39 heteroatoms. The summed E-state index contributed by atoms with van der Waals surface area (Å²) in [5.74, 6) is 4.94. The van der Waals surface area contributed by atoms with Crippen LogP contribution in [-0.4, -0.2) is 23.0 Å². The lowest BCUT2D eigenvalue weighted by Gasteiger charge is -2.05. The Labute approximate surface area is 959 Å². The SMILES string of the molecule is CCCCCCSC1=C(SCCCCCC)SC(=Cc2ccc(C=C3SC4=C(S3)SC(=Cc3ccc(C=C5SC6=C(S5)SC(=Cc5ccc(C=C7SC8=C(S7)SC(=Cc7ccc(C=C9SC%10=C(SC(=Cc%11ccc(C=C%12SC%13=C(SC(=Cc%14ccc(C=C%15SC%16=C(SC(=Cc%17ccc(C=C%18SC(SCCCCCC)=C(SCCCCCC)S%18)s%17)S%16)S%15)s%14)S%13)S%12)s%11)S%10)S9)s7)S8)s5)S6)s3)S4)s2)S1. The Kier molecular flexibility index (Phi) is 39.8. The summed E-state index contributed by atoms with van der Waals surface area (Å²) >= 11 is 76.3. The fraction of sp³-hybridized carbons (Fsp3) is 0.250. The van der Waals surface area contributed by atoms with E-state index in [1.54, 1.807) is 16.9 Å². The molecular weight excluding hydrogens is 2400 g/mol. The van der Waals surface area contributed by atoms with Crippen molar-refractivity contribution < 1.29 is 0 Å². The summed E-state index contributed by atoms with van der Waals surface area (Å²) in [5.41, 5.74) is 0. The second-order valence-corrected chi connectivity index (χ2v) is 79.9. The van der Waals surface area contributed by atoms with Gasteiger partial charge in [-0.3, -0.25) is 0 Å². The summed E-state index contributed by atoms with van der Waals surface area (Å²) in [6, 6.07) is 32.2. The summed E-state index contributed by atoms with van der Waals surface area (Å²) in [7, 11) is 0. The minimum atomic E-state index is 1.24. The lowest BCUT2D eigenvalue weighted by Crippen LogP contribution is -1.83. The van der Waals surface area contributed by atoms with Crippen LogP contribution in [0.25, 0.3) is 85.1 Å². The summed E-state index contributed by atoms with van der Waals surface area (Å²) < 4.78 is 42.6. The van der Waals surface area contributed by atoms with Gasteiger partial charge in [0.25, 0.3) is 0 Å². The third-order valence-electron chi connectivity index (χ3n) is 19.8. The van der Waals surface area contributed by atoms with Crippen LogP contribution in [-0.2, 0) is 0 Å². The summed E-state index contributed by atoms with van der Waals surface area (Å²) in [5, 5.41) is 0. The van der Waals surface area contributed by atoms with E-state index < -0.39 is 0 Å². The van der Waals surface area contributed by atoms with E-state index in [0.717, 1.165) is 0 Å². The largest absolute Gasteiger partial charge is 0.136 e. The first-order valence-electron chi connectivity index (χ1n) is 43.5. The van der Waals surface area contributed by atoms with Crippen LogP contribution in [0.3, 0.4) is 0 Å². The molecule has 135 heavy (non-hydrogen) atoms. The topological polar surface area (TPSA) is 0 Å². The van der Waals surface area contributed by atoms with Crippen LogP contribution >= 0.6 is 456 Å². The van der Waals surface area contributed by atoms with Gasteiger partial charge in [0.05, 0.1) is 127 Å². The number of thiophene rings is 7. The average Bonchev–Trinajstić information content (AvgIpc) is 1.72. The lowest BCUT2D eigenvalue weighted by molar-refractivity contribution is 0.707. The average molecular weight is 2480 g/mol. The molecule has 0 fully saturated rings. The van der Waals surface area contributed by atoms with Gasteiger partial charge in [0.15, 0.2) is 0 Å². The zero-order chi connectivity index (χ0) is 90.9. The molecule has 0 bridgehead atoms. The van der Waals surface area contributed by atoms with Crippen LogP contribution in [0.4, 0.5) is 0 Å². The molecule has 14 aliphatic rings. The third kappa shape index (κ3) is 29.1. The van der Waals surface area contributed by atoms with Gasteiger partial charge >= 0.3 is 0 Å². The van der Waals surface area contributed by atoms with Gasteiger partial charge in [-0.25, -0.2) is 0 Å². The molecule has 0 nitrogen and oxygen atoms in total. The van der Waals surface area contributed by atoms with Crippen LogP contribution in [0.15, 0.2) is 212 Å². The van der Waals surface area contributed by atoms with Crippen molar-refractivity contribution >= 4 is 541 Å². The molecular formula is C96H80S39. The lowest BCUT2D eigenvalue weighted by atomic mass is 10.2. The van der Waals surface area contributed by atoms with Crippen molar-refractivity contribution in [2.45, 2.75) is 130 Å². The maximum atomic E-state index is 2.44. The smallest absolute Gasteiger partial charge is 0.0716 e. The maximum absolute atomic E-state index is 2.44. The highest BCUT2D eigenvalue weighted by atomic mass is 32.3. The van der Waals surface area contributed by atoms with E-state index in [9.17, 15) is 0 Å². The molecule has 0 aliphatic carbocycles. The molecule has 0 unspecified atom stereocenters. The summed E-state index contributed by atoms with van der Waals surface area (Å²) in [6.45, 7) is 9.22. The Hall–Kier alpha value is 3.38. The van der Waals surface area contributed by atoms with E-state index >= 15 is 0 Å². The van der Waals surface area contributed by atoms with Gasteiger partial charge in [-0.1, -0.05) is 434 Å². The summed E-state index contributed by atoms with van der Waals surface area (Å²) in [6.07, 6.45) is 54.9. The van der Waals surface area contributed by atoms with Crippen molar-refractivity contribution in [2.24, 2.45) is 0 Å². The van der Waals surface area contributed by atoms with E-state index in [0.29, 0.717) is 0 Å². The molecule has 698 valence electrons. The van der Waals surface area contributed by atoms with Gasteiger partial charge in [-0.2, -0.15) is 0 Å². The van der Waals surface area contributed by atoms with E-state index in [1.807, 2.05) is 409 Å². The van der Waals surface area contributed by atoms with Crippen molar-refractivity contribution in [2.75, 3.05) is 23.0 Å². The van der Waals surface area contributed by atoms with Gasteiger partial charge in [0, 0.05) is 68.3 Å². The first-order valence-corrected chi connectivity index (χ1v) is 76.1. The number of rotatable bonds is 38. The molecule has 0 aromatic carbocycles. The Morgan fingerprint density at radius 2 is 0.259 bits per heavy atom. The van der Waals surface area contributed by atoms with Crippen LogP contribution in [0.2, 0.25) is 0 Å². The normalized spacial score (nSPS) is 19.1. The maximum Gasteiger partial charge on any atom is 0.0716 e. The van der Waals surface area contributed by atoms with Crippen molar-refractivity contribution in [3.8, 4) is 0 Å². The van der Waals surface area contributed by atoms with Crippen LogP contribution in [0.1, 0.15) is 199 Å². The molecule has 21 rings (SSSR count). The first-order chi connectivity index (χ1) is 66.4. The van der Waals surface area contributed by atoms with E-state index in [-0.39, 0.29) is 0 Å². The highest BCUT2D eigenvalue weighted by molar-refractivity contribution is 8.52. The molecule has 0 atom stereocenters. The Balaban J connectivity index is 0.344. The minimum Gasteiger partial charge on any atom is -0.136 e. The quantitative estimate of drug-likeness (QED) is 0.0337. The molecule has 7 aromatic heterocycles. The van der Waals surface area contributed by atoms with Crippen molar-refractivity contribution in [3.63, 3.8) is 0 Å². The zero-order valence-electron chi connectivity index (χ0n) is 72.2. The second kappa shape index (κ2) is 51.7. The van der Waals surface area contributed by atoms with E-state index in [1.165, 1.54) is 304 Å². The predicted octanol–water partition coefficient (Wildman–Crippen LogP) is 49.5. The fourth-order valence-electron chi connectivity index (χ4n) is 13.5. The number of hydrogen-bond acceptors (Lipinski definition) is 39. The van der Waals surface area contributed by atoms with Gasteiger partial charge in [0.1, 0.15) is 0 Å².